The van der Waals surface area contributed by atoms with Gasteiger partial charge < -0.3 is 44.1 Å². The molecule has 3 heterocycles. The summed E-state index contributed by atoms with van der Waals surface area (Å²) in [5.41, 5.74) is -7.54. The molecule has 13 nitrogen and oxygen atoms in total. The van der Waals surface area contributed by atoms with Crippen molar-refractivity contribution in [2.45, 2.75) is 132 Å². The van der Waals surface area contributed by atoms with Gasteiger partial charge in [0.15, 0.2) is 41.3 Å². The number of aliphatic hydroxyl groups is 3. The molecule has 2 saturated heterocycles. The maximum absolute atomic E-state index is 14.1. The van der Waals surface area contributed by atoms with Crippen molar-refractivity contribution in [2.24, 2.45) is 0 Å². The van der Waals surface area contributed by atoms with E-state index in [1.54, 1.807) is 20.8 Å². The molecule has 1 aromatic rings. The number of ketones is 4. The summed E-state index contributed by atoms with van der Waals surface area (Å²) in [5, 5.41) is 45.3. The minimum atomic E-state index is -2.78. The van der Waals surface area contributed by atoms with Crippen molar-refractivity contribution in [2.75, 3.05) is 0 Å². The molecule has 1 saturated carbocycles. The number of carbonyl (C=O) groups excluding carboxylic acids is 4. The first kappa shape index (κ1) is 35.0. The zero-order valence-electron chi connectivity index (χ0n) is 28.3. The number of aliphatic hydroxyl groups excluding tert-OH is 1. The fraction of sp³-hybridized carbons (Fsp3) is 0.568. The Labute approximate surface area is 288 Å². The van der Waals surface area contributed by atoms with Crippen molar-refractivity contribution in [1.82, 2.24) is 0 Å². The third-order valence-electron chi connectivity index (χ3n) is 11.0. The molecule has 0 spiro atoms. The van der Waals surface area contributed by atoms with Crippen molar-refractivity contribution in [3.8, 4) is 5.75 Å². The van der Waals surface area contributed by atoms with E-state index in [-0.39, 0.29) is 41.1 Å². The molecule has 50 heavy (non-hydrogen) atoms. The number of hydrogen-bond acceptors (Lipinski definition) is 13. The van der Waals surface area contributed by atoms with Crippen LogP contribution in [-0.4, -0.2) is 103 Å². The second-order valence-corrected chi connectivity index (χ2v) is 14.6. The zero-order valence-corrected chi connectivity index (χ0v) is 28.3. The predicted octanol–water partition coefficient (Wildman–Crippen LogP) is 2.62. The summed E-state index contributed by atoms with van der Waals surface area (Å²) in [4.78, 5) is 53.8. The van der Waals surface area contributed by atoms with Gasteiger partial charge in [0.25, 0.3) is 0 Å². The molecule has 0 aromatic heterocycles. The van der Waals surface area contributed by atoms with E-state index in [4.69, 9.17) is 23.7 Å². The number of rotatable bonds is 5. The van der Waals surface area contributed by atoms with Crippen molar-refractivity contribution in [3.63, 3.8) is 0 Å². The molecular weight excluding hydrogens is 652 g/mol. The van der Waals surface area contributed by atoms with Crippen LogP contribution in [0.3, 0.4) is 0 Å². The molecule has 7 rings (SSSR count). The molecule has 0 bridgehead atoms. The van der Waals surface area contributed by atoms with E-state index in [0.29, 0.717) is 31.2 Å². The number of allylic oxidation sites excluding steroid dienone is 2. The fourth-order valence-corrected chi connectivity index (χ4v) is 8.20. The first-order valence-electron chi connectivity index (χ1n) is 17.1. The van der Waals surface area contributed by atoms with Gasteiger partial charge in [-0.25, -0.2) is 0 Å². The van der Waals surface area contributed by atoms with Crippen molar-refractivity contribution in [3.05, 3.63) is 64.3 Å². The number of carbonyl (C=O) groups is 4. The molecule has 0 amide bonds. The third kappa shape index (κ3) is 5.55. The number of ether oxygens (including phenoxy) is 5. The molecule has 0 radical (unpaired) electrons. The minimum Gasteiger partial charge on any atom is -0.507 e. The Bertz CT molecular complexity index is 1740. The van der Waals surface area contributed by atoms with Crippen LogP contribution in [0.25, 0.3) is 0 Å². The molecule has 3 aliphatic carbocycles. The molecule has 3 fully saturated rings. The number of fused-ring (bicyclic) bond motifs is 3. The highest BCUT2D eigenvalue weighted by Gasteiger charge is 2.67. The van der Waals surface area contributed by atoms with Gasteiger partial charge in [-0.1, -0.05) is 12.1 Å². The molecule has 6 aliphatic rings. The van der Waals surface area contributed by atoms with E-state index in [9.17, 15) is 39.6 Å². The fourth-order valence-electron chi connectivity index (χ4n) is 8.20. The SMILES string of the molecule is C[C@@H]1O[C@@H](O[C@@]2(C)CC(=O)[C@]3(O)C4=C(C=C[C@]3(O)C2)C(=O)c2c(ccc([C@H]3CC[C@H](O[C@H]5CC[C@@H](O)[C@H](C)O5)[C@@H](C)O3)c2O)C4=O)C=CC1=O. The number of phenolic OH excluding ortho intramolecular Hbond substituents is 1. The highest BCUT2D eigenvalue weighted by atomic mass is 16.7. The summed E-state index contributed by atoms with van der Waals surface area (Å²) < 4.78 is 29.8. The van der Waals surface area contributed by atoms with Crippen LogP contribution in [0, 0.1) is 0 Å². The average molecular weight is 695 g/mol. The average Bonchev–Trinajstić information content (AvgIpc) is 3.05. The van der Waals surface area contributed by atoms with E-state index in [2.05, 4.69) is 0 Å². The van der Waals surface area contributed by atoms with E-state index in [1.807, 2.05) is 6.92 Å². The van der Waals surface area contributed by atoms with Crippen LogP contribution < -0.4 is 0 Å². The van der Waals surface area contributed by atoms with E-state index in [0.717, 1.165) is 6.08 Å². The van der Waals surface area contributed by atoms with Crippen LogP contribution in [0.5, 0.6) is 5.75 Å². The lowest BCUT2D eigenvalue weighted by atomic mass is 9.57. The van der Waals surface area contributed by atoms with E-state index in [1.165, 1.54) is 30.4 Å². The van der Waals surface area contributed by atoms with Crippen LogP contribution in [0.1, 0.15) is 98.6 Å². The Kier molecular flexibility index (Phi) is 8.67. The maximum atomic E-state index is 14.1. The van der Waals surface area contributed by atoms with Crippen LogP contribution in [0.2, 0.25) is 0 Å². The van der Waals surface area contributed by atoms with Gasteiger partial charge in [-0.15, -0.1) is 0 Å². The predicted molar refractivity (Wildman–Crippen MR) is 172 cm³/mol. The summed E-state index contributed by atoms with van der Waals surface area (Å²) in [6.45, 7) is 6.74. The van der Waals surface area contributed by atoms with Crippen molar-refractivity contribution >= 4 is 23.1 Å². The number of hydrogen-bond donors (Lipinski definition) is 4. The first-order chi connectivity index (χ1) is 23.5. The van der Waals surface area contributed by atoms with Gasteiger partial charge in [-0.05, 0) is 71.3 Å². The largest absolute Gasteiger partial charge is 0.507 e. The monoisotopic (exact) mass is 694 g/mol. The molecule has 268 valence electrons. The Balaban J connectivity index is 1.12. The Hall–Kier alpha value is -3.40. The molecule has 13 heteroatoms. The number of phenols is 1. The van der Waals surface area contributed by atoms with Crippen LogP contribution in [0.15, 0.2) is 47.6 Å². The van der Waals surface area contributed by atoms with Crippen molar-refractivity contribution in [1.29, 1.82) is 0 Å². The smallest absolute Gasteiger partial charge is 0.198 e. The number of benzene rings is 1. The summed E-state index contributed by atoms with van der Waals surface area (Å²) >= 11 is 0. The lowest BCUT2D eigenvalue weighted by Crippen LogP contribution is -2.69. The number of aromatic hydroxyl groups is 1. The van der Waals surface area contributed by atoms with Gasteiger partial charge >= 0.3 is 0 Å². The lowest BCUT2D eigenvalue weighted by Gasteiger charge is -2.53. The number of Topliss-reactive ketones (excluding diaryl/α,β-unsaturated/α-hetero) is 3. The minimum absolute atomic E-state index is 0.214. The summed E-state index contributed by atoms with van der Waals surface area (Å²) in [6, 6.07) is 2.85. The quantitative estimate of drug-likeness (QED) is 0.352. The highest BCUT2D eigenvalue weighted by Crippen LogP contribution is 2.53. The van der Waals surface area contributed by atoms with Crippen molar-refractivity contribution < 1.29 is 63.3 Å². The van der Waals surface area contributed by atoms with Crippen LogP contribution in [0.4, 0.5) is 0 Å². The van der Waals surface area contributed by atoms with Gasteiger partial charge in [-0.3, -0.25) is 19.2 Å². The molecule has 0 unspecified atom stereocenters. The second kappa shape index (κ2) is 12.4. The molecule has 11 atom stereocenters. The third-order valence-corrected chi connectivity index (χ3v) is 11.0. The Morgan fingerprint density at radius 1 is 0.900 bits per heavy atom. The normalized spacial score (nSPS) is 41.6. The van der Waals surface area contributed by atoms with Gasteiger partial charge in [0.1, 0.15) is 17.5 Å². The zero-order chi connectivity index (χ0) is 35.9. The van der Waals surface area contributed by atoms with E-state index < -0.39 is 88.9 Å². The van der Waals surface area contributed by atoms with Gasteiger partial charge in [0.2, 0.25) is 0 Å². The maximum Gasteiger partial charge on any atom is 0.198 e. The highest BCUT2D eigenvalue weighted by molar-refractivity contribution is 6.32. The van der Waals surface area contributed by atoms with Gasteiger partial charge in [-0.2, -0.15) is 0 Å². The van der Waals surface area contributed by atoms with E-state index >= 15 is 0 Å². The lowest BCUT2D eigenvalue weighted by molar-refractivity contribution is -0.260. The van der Waals surface area contributed by atoms with Crippen LogP contribution in [-0.2, 0) is 33.3 Å². The molecular formula is C37H42O13. The Morgan fingerprint density at radius 2 is 1.66 bits per heavy atom. The second-order valence-electron chi connectivity index (χ2n) is 14.6. The standard InChI is InChI=1S/C37H42O13/c1-17-23(38)7-11-28(47-17)49-25-9-10-26(46-19(25)3)20-5-6-21-30(32(20)41)33(42)22-13-14-36(44)16-35(4,50-29-12-8-24(39)18(2)48-29)15-27(40)37(36,45)31(22)34(21)43/h5-6,8,12-14,17-19,23,25-26,28-29,38,41,44-45H,7,9-11,15-16H2,1-4H3/t17-,18-,19+,23+,25-,26+,28-,29-,35-,36-,37-/m0/s1. The van der Waals surface area contributed by atoms with Crippen LogP contribution >= 0.6 is 0 Å². The summed E-state index contributed by atoms with van der Waals surface area (Å²) in [7, 11) is 0. The molecule has 1 aromatic carbocycles. The summed E-state index contributed by atoms with van der Waals surface area (Å²) in [6.07, 6.45) is 1.86. The Morgan fingerprint density at radius 3 is 2.36 bits per heavy atom. The van der Waals surface area contributed by atoms with Gasteiger partial charge in [0.05, 0.1) is 47.3 Å². The van der Waals surface area contributed by atoms with Gasteiger partial charge in [0, 0.05) is 36.0 Å². The molecule has 4 N–H and O–H groups in total. The summed E-state index contributed by atoms with van der Waals surface area (Å²) in [5.74, 6) is -3.28. The molecule has 3 aliphatic heterocycles. The first-order valence-corrected chi connectivity index (χ1v) is 17.1. The topological polar surface area (TPSA) is 195 Å².